The second-order valence-electron chi connectivity index (χ2n) is 8.86. The molecule has 3 rings (SSSR count). The molecule has 1 aliphatic rings. The minimum atomic E-state index is -5.61. The van der Waals surface area contributed by atoms with Gasteiger partial charge in [-0.1, -0.05) is 11.2 Å². The number of carbonyl (C=O) groups is 2. The van der Waals surface area contributed by atoms with Crippen molar-refractivity contribution in [3.8, 4) is 0 Å². The van der Waals surface area contributed by atoms with Crippen LogP contribution in [0.25, 0.3) is 0 Å². The van der Waals surface area contributed by atoms with Gasteiger partial charge in [0.1, 0.15) is 12.2 Å². The van der Waals surface area contributed by atoms with E-state index in [0.29, 0.717) is 0 Å². The lowest BCUT2D eigenvalue weighted by Crippen LogP contribution is -2.44. The lowest BCUT2D eigenvalue weighted by Gasteiger charge is -2.29. The molecular formula is C23H16F12N4O3. The van der Waals surface area contributed by atoms with Crippen molar-refractivity contribution >= 4 is 17.5 Å². The number of pyridine rings is 1. The van der Waals surface area contributed by atoms with Crippen molar-refractivity contribution in [1.29, 1.82) is 0 Å². The van der Waals surface area contributed by atoms with Crippen LogP contribution in [-0.2, 0) is 27.6 Å². The quantitative estimate of drug-likeness (QED) is 0.421. The van der Waals surface area contributed by atoms with Gasteiger partial charge in [-0.3, -0.25) is 9.59 Å². The second-order valence-corrected chi connectivity index (χ2v) is 8.86. The summed E-state index contributed by atoms with van der Waals surface area (Å²) < 4.78 is 159. The van der Waals surface area contributed by atoms with Crippen LogP contribution in [0.3, 0.4) is 0 Å². The van der Waals surface area contributed by atoms with Crippen LogP contribution in [0.15, 0.2) is 35.5 Å². The molecule has 2 N–H and O–H groups in total. The van der Waals surface area contributed by atoms with E-state index in [9.17, 15) is 62.3 Å². The van der Waals surface area contributed by atoms with Crippen molar-refractivity contribution in [2.24, 2.45) is 5.16 Å². The molecule has 0 saturated heterocycles. The molecule has 19 heteroatoms. The third-order valence-corrected chi connectivity index (χ3v) is 5.74. The number of hydrogen-bond donors (Lipinski definition) is 2. The van der Waals surface area contributed by atoms with E-state index in [1.165, 1.54) is 12.2 Å². The van der Waals surface area contributed by atoms with Crippen molar-refractivity contribution in [2.45, 2.75) is 43.7 Å². The van der Waals surface area contributed by atoms with Crippen molar-refractivity contribution in [2.75, 3.05) is 13.1 Å². The Bertz CT molecular complexity index is 1360. The molecule has 2 amide bonds. The van der Waals surface area contributed by atoms with Crippen molar-refractivity contribution in [3.63, 3.8) is 0 Å². The molecule has 0 bridgehead atoms. The summed E-state index contributed by atoms with van der Waals surface area (Å²) in [6.45, 7) is -1.22. The standard InChI is InChI=1S/C23H16F12N4O3/c1-10-4-11(2-3-13(10)18(41)36-8-17(40)37-9-20(24,25)26)14-7-19(42-39-14,23(33,34)35)15-5-12(21(27,28)29)6-16(38-15)22(30,31)32/h2-6H,7-9H2,1H3,(H,36,41)(H,37,40). The average molecular weight is 624 g/mol. The lowest BCUT2D eigenvalue weighted by atomic mass is 9.88. The molecule has 1 aliphatic heterocycles. The molecule has 1 atom stereocenters. The maximum atomic E-state index is 14.2. The van der Waals surface area contributed by atoms with Gasteiger partial charge < -0.3 is 15.5 Å². The topological polar surface area (TPSA) is 92.7 Å². The zero-order valence-corrected chi connectivity index (χ0v) is 20.7. The number of carbonyl (C=O) groups excluding carboxylic acids is 2. The molecule has 1 unspecified atom stereocenters. The number of nitrogens with one attached hydrogen (secondary N) is 2. The lowest BCUT2D eigenvalue weighted by molar-refractivity contribution is -0.277. The van der Waals surface area contributed by atoms with E-state index in [0.717, 1.165) is 18.2 Å². The molecule has 0 saturated carbocycles. The Kier molecular flexibility index (Phi) is 8.48. The highest BCUT2D eigenvalue weighted by Gasteiger charge is 2.64. The van der Waals surface area contributed by atoms with Crippen LogP contribution in [-0.4, -0.2) is 48.0 Å². The van der Waals surface area contributed by atoms with E-state index in [-0.39, 0.29) is 22.8 Å². The molecule has 1 aromatic carbocycles. The van der Waals surface area contributed by atoms with E-state index < -0.39 is 90.4 Å². The molecule has 7 nitrogen and oxygen atoms in total. The summed E-state index contributed by atoms with van der Waals surface area (Å²) in [5.74, 6) is -2.13. The predicted octanol–water partition coefficient (Wildman–Crippen LogP) is 5.42. The summed E-state index contributed by atoms with van der Waals surface area (Å²) in [7, 11) is 0. The SMILES string of the molecule is Cc1cc(C2=NOC(c3cc(C(F)(F)F)cc(C(F)(F)F)n3)(C(F)(F)F)C2)ccc1C(=O)NCC(=O)NCC(F)(F)F. The van der Waals surface area contributed by atoms with E-state index in [4.69, 9.17) is 0 Å². The highest BCUT2D eigenvalue weighted by atomic mass is 19.4. The van der Waals surface area contributed by atoms with Crippen LogP contribution in [0, 0.1) is 6.92 Å². The average Bonchev–Trinajstić information content (AvgIpc) is 3.31. The zero-order valence-electron chi connectivity index (χ0n) is 20.7. The molecule has 0 spiro atoms. The van der Waals surface area contributed by atoms with E-state index in [1.807, 2.05) is 5.32 Å². The van der Waals surface area contributed by atoms with E-state index in [2.05, 4.69) is 15.0 Å². The molecule has 42 heavy (non-hydrogen) atoms. The van der Waals surface area contributed by atoms with Crippen LogP contribution in [0.1, 0.15) is 44.9 Å². The van der Waals surface area contributed by atoms with Gasteiger partial charge in [-0.2, -0.15) is 52.7 Å². The van der Waals surface area contributed by atoms with Gasteiger partial charge in [0.15, 0.2) is 0 Å². The Balaban J connectivity index is 1.88. The Morgan fingerprint density at radius 1 is 0.905 bits per heavy atom. The number of benzene rings is 1. The van der Waals surface area contributed by atoms with Gasteiger partial charge in [0.25, 0.3) is 11.5 Å². The number of rotatable bonds is 6. The predicted molar refractivity (Wildman–Crippen MR) is 117 cm³/mol. The number of hydrogen-bond acceptors (Lipinski definition) is 5. The normalized spacial score (nSPS) is 17.9. The number of oxime groups is 1. The first kappa shape index (κ1) is 32.5. The Labute approximate surface area is 226 Å². The maximum absolute atomic E-state index is 14.2. The van der Waals surface area contributed by atoms with Crippen LogP contribution >= 0.6 is 0 Å². The largest absolute Gasteiger partial charge is 0.437 e. The van der Waals surface area contributed by atoms with Gasteiger partial charge in [-0.25, -0.2) is 4.98 Å². The third-order valence-electron chi connectivity index (χ3n) is 5.74. The van der Waals surface area contributed by atoms with Gasteiger partial charge in [0.05, 0.1) is 29.9 Å². The van der Waals surface area contributed by atoms with Gasteiger partial charge >= 0.3 is 24.7 Å². The summed E-state index contributed by atoms with van der Waals surface area (Å²) in [6, 6.07) is 2.49. The van der Waals surface area contributed by atoms with Crippen LogP contribution in [0.2, 0.25) is 0 Å². The highest BCUT2D eigenvalue weighted by Crippen LogP contribution is 2.49. The maximum Gasteiger partial charge on any atom is 0.437 e. The van der Waals surface area contributed by atoms with Crippen LogP contribution < -0.4 is 10.6 Å². The molecule has 0 radical (unpaired) electrons. The monoisotopic (exact) mass is 624 g/mol. The van der Waals surface area contributed by atoms with Crippen LogP contribution in [0.4, 0.5) is 52.7 Å². The molecule has 230 valence electrons. The molecule has 1 aromatic heterocycles. The van der Waals surface area contributed by atoms with Gasteiger partial charge in [0, 0.05) is 5.56 Å². The first-order valence-corrected chi connectivity index (χ1v) is 11.2. The van der Waals surface area contributed by atoms with Crippen molar-refractivity contribution in [3.05, 3.63) is 64.0 Å². The first-order chi connectivity index (χ1) is 19.0. The fourth-order valence-electron chi connectivity index (χ4n) is 3.68. The van der Waals surface area contributed by atoms with Gasteiger partial charge in [0.2, 0.25) is 5.91 Å². The van der Waals surface area contributed by atoms with Crippen molar-refractivity contribution in [1.82, 2.24) is 15.6 Å². The van der Waals surface area contributed by atoms with Gasteiger partial charge in [-0.05, 0) is 42.3 Å². The summed E-state index contributed by atoms with van der Waals surface area (Å²) in [4.78, 5) is 31.1. The Morgan fingerprint density at radius 2 is 1.55 bits per heavy atom. The second kappa shape index (κ2) is 11.0. The summed E-state index contributed by atoms with van der Waals surface area (Å²) in [5, 5.41) is 6.81. The van der Waals surface area contributed by atoms with E-state index >= 15 is 0 Å². The number of amides is 2. The van der Waals surface area contributed by atoms with Crippen molar-refractivity contribution < 1.29 is 67.1 Å². The number of alkyl halides is 12. The highest BCUT2D eigenvalue weighted by molar-refractivity contribution is 6.04. The third kappa shape index (κ3) is 7.22. The number of nitrogens with zero attached hydrogens (tertiary/aromatic N) is 2. The Morgan fingerprint density at radius 3 is 2.07 bits per heavy atom. The molecule has 0 aliphatic carbocycles. The number of aryl methyl sites for hydroxylation is 1. The summed E-state index contributed by atoms with van der Waals surface area (Å²) in [5.41, 5.74) is -10.7. The van der Waals surface area contributed by atoms with Gasteiger partial charge in [-0.15, -0.1) is 0 Å². The zero-order chi connectivity index (χ0) is 31.9. The summed E-state index contributed by atoms with van der Waals surface area (Å²) in [6.07, 6.45) is -22.7. The minimum Gasteiger partial charge on any atom is -0.372 e. The van der Waals surface area contributed by atoms with Crippen LogP contribution in [0.5, 0.6) is 0 Å². The molecule has 2 heterocycles. The molecular weight excluding hydrogens is 608 g/mol. The summed E-state index contributed by atoms with van der Waals surface area (Å²) >= 11 is 0. The fourth-order valence-corrected chi connectivity index (χ4v) is 3.68. The molecule has 0 fully saturated rings. The molecule has 2 aromatic rings. The number of halogens is 12. The minimum absolute atomic E-state index is 0.0458. The smallest absolute Gasteiger partial charge is 0.372 e. The number of aromatic nitrogens is 1. The Hall–Kier alpha value is -4.06. The van der Waals surface area contributed by atoms with E-state index in [1.54, 1.807) is 0 Å². The first-order valence-electron chi connectivity index (χ1n) is 11.2. The fraction of sp³-hybridized carbons (Fsp3) is 0.391.